The van der Waals surface area contributed by atoms with Crippen molar-refractivity contribution in [3.8, 4) is 0 Å². The number of nitrogens with zero attached hydrogens (tertiary/aromatic N) is 1. The van der Waals surface area contributed by atoms with Crippen molar-refractivity contribution in [3.63, 3.8) is 0 Å². The van der Waals surface area contributed by atoms with Crippen LogP contribution >= 0.6 is 15.9 Å². The second-order valence-corrected chi connectivity index (χ2v) is 5.06. The Labute approximate surface area is 113 Å². The van der Waals surface area contributed by atoms with E-state index in [1.54, 1.807) is 0 Å². The fourth-order valence-corrected chi connectivity index (χ4v) is 2.51. The SMILES string of the molecule is O=C(O)CCC[C@H](C(=O)O)N1CC(CBr)CC1=O. The molecular weight excluding hydrogens is 306 g/mol. The molecule has 0 aromatic rings. The summed E-state index contributed by atoms with van der Waals surface area (Å²) < 4.78 is 0. The van der Waals surface area contributed by atoms with E-state index in [0.29, 0.717) is 18.3 Å². The Kier molecular flexibility index (Phi) is 5.58. The number of hydrogen-bond acceptors (Lipinski definition) is 3. The molecule has 1 aliphatic rings. The molecule has 1 unspecified atom stereocenters. The normalized spacial score (nSPS) is 21.1. The van der Waals surface area contributed by atoms with Crippen molar-refractivity contribution >= 4 is 33.8 Å². The molecule has 1 fully saturated rings. The van der Waals surface area contributed by atoms with Gasteiger partial charge >= 0.3 is 11.9 Å². The van der Waals surface area contributed by atoms with Crippen molar-refractivity contribution in [2.45, 2.75) is 31.7 Å². The topological polar surface area (TPSA) is 94.9 Å². The summed E-state index contributed by atoms with van der Waals surface area (Å²) >= 11 is 3.29. The molecule has 0 aromatic carbocycles. The first-order valence-corrected chi connectivity index (χ1v) is 6.88. The summed E-state index contributed by atoms with van der Waals surface area (Å²) in [6.45, 7) is 0.425. The van der Waals surface area contributed by atoms with Crippen LogP contribution in [0.1, 0.15) is 25.7 Å². The molecule has 1 amide bonds. The number of hydrogen-bond donors (Lipinski definition) is 2. The molecule has 1 aliphatic heterocycles. The maximum Gasteiger partial charge on any atom is 0.326 e. The zero-order valence-electron chi connectivity index (χ0n) is 9.84. The highest BCUT2D eigenvalue weighted by Crippen LogP contribution is 2.24. The Morgan fingerprint density at radius 3 is 2.56 bits per heavy atom. The lowest BCUT2D eigenvalue weighted by Gasteiger charge is -2.24. The van der Waals surface area contributed by atoms with Crippen LogP contribution in [-0.2, 0) is 14.4 Å². The molecule has 2 N–H and O–H groups in total. The standard InChI is InChI=1S/C11H16BrNO5/c12-5-7-4-9(14)13(6-7)8(11(17)18)2-1-3-10(15)16/h7-8H,1-6H2,(H,15,16)(H,17,18)/t7?,8-/m1/s1. The van der Waals surface area contributed by atoms with Gasteiger partial charge in [-0.3, -0.25) is 9.59 Å². The van der Waals surface area contributed by atoms with Crippen LogP contribution in [0.3, 0.4) is 0 Å². The summed E-state index contributed by atoms with van der Waals surface area (Å²) in [5, 5.41) is 18.3. The number of likely N-dealkylation sites (tertiary alicyclic amines) is 1. The van der Waals surface area contributed by atoms with Crippen LogP contribution in [0.4, 0.5) is 0 Å². The van der Waals surface area contributed by atoms with Crippen molar-refractivity contribution in [1.29, 1.82) is 0 Å². The first-order valence-electron chi connectivity index (χ1n) is 5.75. The van der Waals surface area contributed by atoms with Gasteiger partial charge in [-0.2, -0.15) is 0 Å². The highest BCUT2D eigenvalue weighted by molar-refractivity contribution is 9.09. The van der Waals surface area contributed by atoms with Gasteiger partial charge in [0.1, 0.15) is 6.04 Å². The Balaban J connectivity index is 2.59. The molecular formula is C11H16BrNO5. The van der Waals surface area contributed by atoms with E-state index in [0.717, 1.165) is 0 Å². The van der Waals surface area contributed by atoms with Crippen molar-refractivity contribution in [3.05, 3.63) is 0 Å². The molecule has 1 heterocycles. The quantitative estimate of drug-likeness (QED) is 0.680. The molecule has 2 atom stereocenters. The molecule has 7 heteroatoms. The lowest BCUT2D eigenvalue weighted by atomic mass is 10.1. The number of carboxylic acid groups (broad SMARTS) is 2. The predicted molar refractivity (Wildman–Crippen MR) is 66.5 cm³/mol. The third-order valence-corrected chi connectivity index (χ3v) is 3.90. The van der Waals surface area contributed by atoms with E-state index < -0.39 is 18.0 Å². The largest absolute Gasteiger partial charge is 0.481 e. The number of halogens is 1. The Hall–Kier alpha value is -1.11. The smallest absolute Gasteiger partial charge is 0.326 e. The summed E-state index contributed by atoms with van der Waals surface area (Å²) in [4.78, 5) is 34.6. The lowest BCUT2D eigenvalue weighted by Crippen LogP contribution is -2.42. The third-order valence-electron chi connectivity index (χ3n) is 2.99. The van der Waals surface area contributed by atoms with Gasteiger partial charge in [-0.25, -0.2) is 4.79 Å². The maximum atomic E-state index is 11.7. The van der Waals surface area contributed by atoms with Gasteiger partial charge in [0.25, 0.3) is 0 Å². The number of amides is 1. The van der Waals surface area contributed by atoms with Gasteiger partial charge in [0, 0.05) is 24.7 Å². The molecule has 0 bridgehead atoms. The van der Waals surface area contributed by atoms with Crippen molar-refractivity contribution < 1.29 is 24.6 Å². The third kappa shape index (κ3) is 3.97. The van der Waals surface area contributed by atoms with Crippen molar-refractivity contribution in [2.24, 2.45) is 5.92 Å². The number of carbonyl (C=O) groups is 3. The number of carboxylic acids is 2. The van der Waals surface area contributed by atoms with Crippen LogP contribution in [0, 0.1) is 5.92 Å². The summed E-state index contributed by atoms with van der Waals surface area (Å²) in [5.41, 5.74) is 0. The molecule has 0 aliphatic carbocycles. The van der Waals surface area contributed by atoms with Gasteiger partial charge in [-0.15, -0.1) is 0 Å². The molecule has 1 rings (SSSR count). The maximum absolute atomic E-state index is 11.7. The second-order valence-electron chi connectivity index (χ2n) is 4.41. The van der Waals surface area contributed by atoms with Gasteiger partial charge in [0.15, 0.2) is 0 Å². The highest BCUT2D eigenvalue weighted by Gasteiger charge is 2.36. The van der Waals surface area contributed by atoms with Crippen LogP contribution in [0.15, 0.2) is 0 Å². The van der Waals surface area contributed by atoms with Crippen LogP contribution in [-0.4, -0.2) is 50.9 Å². The monoisotopic (exact) mass is 321 g/mol. The number of alkyl halides is 1. The van der Waals surface area contributed by atoms with E-state index in [4.69, 9.17) is 10.2 Å². The highest BCUT2D eigenvalue weighted by atomic mass is 79.9. The average Bonchev–Trinajstić information content (AvgIpc) is 2.65. The number of rotatable bonds is 7. The van der Waals surface area contributed by atoms with E-state index in [9.17, 15) is 14.4 Å². The summed E-state index contributed by atoms with van der Waals surface area (Å²) in [6.07, 6.45) is 0.721. The fraction of sp³-hybridized carbons (Fsp3) is 0.727. The molecule has 102 valence electrons. The Morgan fingerprint density at radius 2 is 2.11 bits per heavy atom. The second kappa shape index (κ2) is 6.72. The predicted octanol–water partition coefficient (Wildman–Crippen LogP) is 0.938. The van der Waals surface area contributed by atoms with E-state index >= 15 is 0 Å². The zero-order valence-corrected chi connectivity index (χ0v) is 11.4. The molecule has 0 saturated carbocycles. The van der Waals surface area contributed by atoms with E-state index in [-0.39, 0.29) is 31.1 Å². The van der Waals surface area contributed by atoms with Crippen LogP contribution < -0.4 is 0 Å². The minimum Gasteiger partial charge on any atom is -0.481 e. The number of aliphatic carboxylic acids is 2. The number of carbonyl (C=O) groups excluding carboxylic acids is 1. The van der Waals surface area contributed by atoms with E-state index in [2.05, 4.69) is 15.9 Å². The zero-order chi connectivity index (χ0) is 13.7. The van der Waals surface area contributed by atoms with Gasteiger partial charge in [-0.1, -0.05) is 15.9 Å². The van der Waals surface area contributed by atoms with Crippen molar-refractivity contribution in [1.82, 2.24) is 4.90 Å². The van der Waals surface area contributed by atoms with Gasteiger partial charge in [0.05, 0.1) is 0 Å². The van der Waals surface area contributed by atoms with Gasteiger partial charge < -0.3 is 15.1 Å². The Morgan fingerprint density at radius 1 is 1.44 bits per heavy atom. The first-order chi connectivity index (χ1) is 8.45. The minimum absolute atomic E-state index is 0.0757. The van der Waals surface area contributed by atoms with Crippen LogP contribution in [0.25, 0.3) is 0 Å². The van der Waals surface area contributed by atoms with E-state index in [1.165, 1.54) is 4.90 Å². The van der Waals surface area contributed by atoms with Crippen molar-refractivity contribution in [2.75, 3.05) is 11.9 Å². The molecule has 1 saturated heterocycles. The van der Waals surface area contributed by atoms with Gasteiger partial charge in [-0.05, 0) is 18.8 Å². The molecule has 0 radical (unpaired) electrons. The molecule has 0 spiro atoms. The Bertz CT molecular complexity index is 346. The first kappa shape index (κ1) is 14.9. The fourth-order valence-electron chi connectivity index (χ4n) is 2.07. The van der Waals surface area contributed by atoms with Gasteiger partial charge in [0.2, 0.25) is 5.91 Å². The average molecular weight is 322 g/mol. The van der Waals surface area contributed by atoms with E-state index in [1.807, 2.05) is 0 Å². The molecule has 18 heavy (non-hydrogen) atoms. The molecule has 0 aromatic heterocycles. The van der Waals surface area contributed by atoms with Crippen LogP contribution in [0.2, 0.25) is 0 Å². The lowest BCUT2D eigenvalue weighted by molar-refractivity contribution is -0.149. The summed E-state index contributed by atoms with van der Waals surface area (Å²) in [6, 6.07) is -0.902. The minimum atomic E-state index is -1.07. The molecule has 6 nitrogen and oxygen atoms in total. The summed E-state index contributed by atoms with van der Waals surface area (Å²) in [7, 11) is 0. The summed E-state index contributed by atoms with van der Waals surface area (Å²) in [5.74, 6) is -2.05. The van der Waals surface area contributed by atoms with Crippen LogP contribution in [0.5, 0.6) is 0 Å².